The van der Waals surface area contributed by atoms with Gasteiger partial charge in [0.15, 0.2) is 0 Å². The first-order valence-electron chi connectivity index (χ1n) is 4.66. The molecule has 0 bridgehead atoms. The van der Waals surface area contributed by atoms with E-state index in [0.717, 1.165) is 11.8 Å². The number of rotatable bonds is 0. The van der Waals surface area contributed by atoms with Crippen molar-refractivity contribution in [2.75, 3.05) is 13.1 Å². The van der Waals surface area contributed by atoms with E-state index in [1.807, 2.05) is 0 Å². The molecule has 0 aromatic carbocycles. The van der Waals surface area contributed by atoms with Crippen LogP contribution in [0.3, 0.4) is 0 Å². The summed E-state index contributed by atoms with van der Waals surface area (Å²) in [7, 11) is 0. The minimum Gasteiger partial charge on any atom is -0.298 e. The van der Waals surface area contributed by atoms with E-state index < -0.39 is 0 Å². The Kier molecular flexibility index (Phi) is 2.29. The average molecular weight is 155 g/mol. The first kappa shape index (κ1) is 9.05. The highest BCUT2D eigenvalue weighted by atomic mass is 15.2. The summed E-state index contributed by atoms with van der Waals surface area (Å²) in [4.78, 5) is 2.59. The van der Waals surface area contributed by atoms with Crippen molar-refractivity contribution in [3.63, 3.8) is 0 Å². The zero-order chi connectivity index (χ0) is 8.65. The van der Waals surface area contributed by atoms with Crippen LogP contribution in [-0.4, -0.2) is 23.5 Å². The molecular weight excluding hydrogens is 134 g/mol. The van der Waals surface area contributed by atoms with Gasteiger partial charge in [-0.05, 0) is 32.6 Å². The summed E-state index contributed by atoms with van der Waals surface area (Å²) in [6.45, 7) is 14.2. The van der Waals surface area contributed by atoms with E-state index in [1.165, 1.54) is 13.1 Å². The lowest BCUT2D eigenvalue weighted by molar-refractivity contribution is 0.166. The van der Waals surface area contributed by atoms with Crippen molar-refractivity contribution in [1.29, 1.82) is 0 Å². The maximum atomic E-state index is 2.59. The van der Waals surface area contributed by atoms with Crippen LogP contribution in [0.25, 0.3) is 0 Å². The largest absolute Gasteiger partial charge is 0.298 e. The highest BCUT2D eigenvalue weighted by Crippen LogP contribution is 2.27. The molecule has 0 amide bonds. The number of hydrogen-bond donors (Lipinski definition) is 0. The molecule has 0 radical (unpaired) electrons. The normalized spacial score (nSPS) is 34.6. The highest BCUT2D eigenvalue weighted by Gasteiger charge is 2.32. The summed E-state index contributed by atoms with van der Waals surface area (Å²) in [5.74, 6) is 1.77. The van der Waals surface area contributed by atoms with Crippen molar-refractivity contribution in [3.8, 4) is 0 Å². The summed E-state index contributed by atoms with van der Waals surface area (Å²) in [5.41, 5.74) is 0.374. The Labute approximate surface area is 70.8 Å². The Bertz CT molecular complexity index is 124. The molecule has 0 aromatic rings. The third kappa shape index (κ3) is 1.96. The molecule has 0 saturated carbocycles. The van der Waals surface area contributed by atoms with Crippen LogP contribution in [0.2, 0.25) is 0 Å². The SMILES string of the molecule is C[C@H]1CN(C(C)(C)C)C[C@@H]1C. The lowest BCUT2D eigenvalue weighted by Crippen LogP contribution is -2.39. The predicted octanol–water partition coefficient (Wildman–Crippen LogP) is 2.37. The first-order chi connectivity index (χ1) is 4.91. The summed E-state index contributed by atoms with van der Waals surface area (Å²) in [6.07, 6.45) is 0. The van der Waals surface area contributed by atoms with Crippen molar-refractivity contribution in [1.82, 2.24) is 4.90 Å². The minimum absolute atomic E-state index is 0.374. The molecule has 1 saturated heterocycles. The summed E-state index contributed by atoms with van der Waals surface area (Å²) in [6, 6.07) is 0. The Balaban J connectivity index is 2.54. The van der Waals surface area contributed by atoms with Gasteiger partial charge in [-0.2, -0.15) is 0 Å². The molecule has 1 heteroatoms. The lowest BCUT2D eigenvalue weighted by Gasteiger charge is -2.31. The Hall–Kier alpha value is -0.0400. The lowest BCUT2D eigenvalue weighted by atomic mass is 10.0. The minimum atomic E-state index is 0.374. The molecule has 1 rings (SSSR count). The van der Waals surface area contributed by atoms with Gasteiger partial charge in [0.1, 0.15) is 0 Å². The van der Waals surface area contributed by atoms with E-state index >= 15 is 0 Å². The standard InChI is InChI=1S/C10H21N/c1-8-6-11(7-9(8)2)10(3,4)5/h8-9H,6-7H2,1-5H3/t8-,9-/m0/s1. The van der Waals surface area contributed by atoms with Crippen LogP contribution in [0.15, 0.2) is 0 Å². The molecule has 2 atom stereocenters. The second-order valence-electron chi connectivity index (χ2n) is 5.03. The van der Waals surface area contributed by atoms with Crippen LogP contribution >= 0.6 is 0 Å². The van der Waals surface area contributed by atoms with E-state index in [4.69, 9.17) is 0 Å². The smallest absolute Gasteiger partial charge is 0.0125 e. The van der Waals surface area contributed by atoms with E-state index in [2.05, 4.69) is 39.5 Å². The van der Waals surface area contributed by atoms with E-state index in [0.29, 0.717) is 5.54 Å². The molecule has 1 heterocycles. The number of likely N-dealkylation sites (tertiary alicyclic amines) is 1. The van der Waals surface area contributed by atoms with E-state index in [-0.39, 0.29) is 0 Å². The van der Waals surface area contributed by atoms with Crippen LogP contribution in [0.5, 0.6) is 0 Å². The molecule has 0 aliphatic carbocycles. The fraction of sp³-hybridized carbons (Fsp3) is 1.00. The first-order valence-corrected chi connectivity index (χ1v) is 4.66. The molecule has 1 fully saturated rings. The molecule has 11 heavy (non-hydrogen) atoms. The Morgan fingerprint density at radius 1 is 1.00 bits per heavy atom. The van der Waals surface area contributed by atoms with Crippen LogP contribution in [0.4, 0.5) is 0 Å². The second-order valence-corrected chi connectivity index (χ2v) is 5.03. The summed E-state index contributed by atoms with van der Waals surface area (Å²) in [5, 5.41) is 0. The zero-order valence-electron chi connectivity index (χ0n) is 8.52. The molecule has 0 unspecified atom stereocenters. The van der Waals surface area contributed by atoms with Gasteiger partial charge < -0.3 is 0 Å². The fourth-order valence-corrected chi connectivity index (χ4v) is 1.68. The van der Waals surface area contributed by atoms with Crippen molar-refractivity contribution < 1.29 is 0 Å². The Morgan fingerprint density at radius 2 is 1.36 bits per heavy atom. The molecular formula is C10H21N. The van der Waals surface area contributed by atoms with Gasteiger partial charge >= 0.3 is 0 Å². The monoisotopic (exact) mass is 155 g/mol. The number of nitrogens with zero attached hydrogens (tertiary/aromatic N) is 1. The molecule has 0 spiro atoms. The maximum Gasteiger partial charge on any atom is 0.0125 e. The van der Waals surface area contributed by atoms with E-state index in [9.17, 15) is 0 Å². The van der Waals surface area contributed by atoms with Gasteiger partial charge in [-0.3, -0.25) is 4.90 Å². The third-order valence-corrected chi connectivity index (χ3v) is 2.94. The second kappa shape index (κ2) is 2.78. The maximum absolute atomic E-state index is 2.59. The van der Waals surface area contributed by atoms with E-state index in [1.54, 1.807) is 0 Å². The van der Waals surface area contributed by atoms with Gasteiger partial charge in [0.2, 0.25) is 0 Å². The van der Waals surface area contributed by atoms with Gasteiger partial charge in [0.25, 0.3) is 0 Å². The van der Waals surface area contributed by atoms with Crippen molar-refractivity contribution in [3.05, 3.63) is 0 Å². The molecule has 66 valence electrons. The van der Waals surface area contributed by atoms with Gasteiger partial charge in [-0.1, -0.05) is 13.8 Å². The topological polar surface area (TPSA) is 3.24 Å². The quantitative estimate of drug-likeness (QED) is 0.519. The molecule has 1 aliphatic heterocycles. The van der Waals surface area contributed by atoms with Gasteiger partial charge in [-0.15, -0.1) is 0 Å². The highest BCUT2D eigenvalue weighted by molar-refractivity contribution is 4.86. The third-order valence-electron chi connectivity index (χ3n) is 2.94. The average Bonchev–Trinajstić information content (AvgIpc) is 2.11. The Morgan fingerprint density at radius 3 is 1.55 bits per heavy atom. The van der Waals surface area contributed by atoms with Gasteiger partial charge in [-0.25, -0.2) is 0 Å². The molecule has 0 N–H and O–H groups in total. The van der Waals surface area contributed by atoms with Crippen LogP contribution < -0.4 is 0 Å². The van der Waals surface area contributed by atoms with Gasteiger partial charge in [0, 0.05) is 18.6 Å². The van der Waals surface area contributed by atoms with Gasteiger partial charge in [0.05, 0.1) is 0 Å². The number of hydrogen-bond acceptors (Lipinski definition) is 1. The van der Waals surface area contributed by atoms with Crippen molar-refractivity contribution >= 4 is 0 Å². The fourth-order valence-electron chi connectivity index (χ4n) is 1.68. The molecule has 1 aliphatic rings. The van der Waals surface area contributed by atoms with Crippen LogP contribution in [0.1, 0.15) is 34.6 Å². The predicted molar refractivity (Wildman–Crippen MR) is 49.7 cm³/mol. The van der Waals surface area contributed by atoms with Crippen LogP contribution in [-0.2, 0) is 0 Å². The van der Waals surface area contributed by atoms with Crippen molar-refractivity contribution in [2.24, 2.45) is 11.8 Å². The van der Waals surface area contributed by atoms with Crippen LogP contribution in [0, 0.1) is 11.8 Å². The summed E-state index contributed by atoms with van der Waals surface area (Å²) >= 11 is 0. The summed E-state index contributed by atoms with van der Waals surface area (Å²) < 4.78 is 0. The molecule has 0 aromatic heterocycles. The van der Waals surface area contributed by atoms with Crippen molar-refractivity contribution in [2.45, 2.75) is 40.2 Å². The zero-order valence-corrected chi connectivity index (χ0v) is 8.52. The molecule has 1 nitrogen and oxygen atoms in total.